The fourth-order valence-corrected chi connectivity index (χ4v) is 4.86. The van der Waals surface area contributed by atoms with Crippen molar-refractivity contribution < 1.29 is 14.5 Å². The maximum Gasteiger partial charge on any atom is 0.269 e. The standard InChI is InChI=1S/C22H32N4O4/c27-22(25-8-1-2-19-16-20(26(28)29)3-4-21(19)25)17-24-10-6-18(7-11-24)5-9-23-12-14-30-15-13-23/h3-4,16,18H,1-2,5-15,17H2. The minimum atomic E-state index is -0.371. The Kier molecular flexibility index (Phi) is 6.97. The van der Waals surface area contributed by atoms with Crippen molar-refractivity contribution in [2.45, 2.75) is 32.1 Å². The molecular formula is C22H32N4O4. The Labute approximate surface area is 177 Å². The number of hydrogen-bond acceptors (Lipinski definition) is 6. The van der Waals surface area contributed by atoms with Gasteiger partial charge in [-0.15, -0.1) is 0 Å². The Hall–Kier alpha value is -2.03. The highest BCUT2D eigenvalue weighted by molar-refractivity contribution is 5.96. The van der Waals surface area contributed by atoms with Gasteiger partial charge in [0.1, 0.15) is 0 Å². The Morgan fingerprint density at radius 3 is 2.60 bits per heavy atom. The van der Waals surface area contributed by atoms with E-state index in [0.717, 1.165) is 88.8 Å². The molecule has 0 atom stereocenters. The molecular weight excluding hydrogens is 384 g/mol. The first-order valence-corrected chi connectivity index (χ1v) is 11.2. The van der Waals surface area contributed by atoms with Crippen molar-refractivity contribution in [2.75, 3.05) is 63.9 Å². The molecule has 164 valence electrons. The van der Waals surface area contributed by atoms with E-state index in [2.05, 4.69) is 9.80 Å². The lowest BCUT2D eigenvalue weighted by Crippen LogP contribution is -2.45. The monoisotopic (exact) mass is 416 g/mol. The molecule has 0 unspecified atom stereocenters. The van der Waals surface area contributed by atoms with E-state index in [1.165, 1.54) is 12.5 Å². The summed E-state index contributed by atoms with van der Waals surface area (Å²) in [7, 11) is 0. The molecule has 0 bridgehead atoms. The summed E-state index contributed by atoms with van der Waals surface area (Å²) in [5.41, 5.74) is 1.85. The number of piperidine rings is 1. The van der Waals surface area contributed by atoms with Crippen LogP contribution in [-0.2, 0) is 16.0 Å². The zero-order chi connectivity index (χ0) is 20.9. The van der Waals surface area contributed by atoms with Crippen molar-refractivity contribution in [1.82, 2.24) is 9.80 Å². The van der Waals surface area contributed by atoms with Gasteiger partial charge in [0, 0.05) is 37.5 Å². The Morgan fingerprint density at radius 1 is 1.10 bits per heavy atom. The number of carbonyl (C=O) groups is 1. The van der Waals surface area contributed by atoms with Gasteiger partial charge >= 0.3 is 0 Å². The van der Waals surface area contributed by atoms with Gasteiger partial charge in [-0.2, -0.15) is 0 Å². The number of non-ortho nitro benzene ring substituents is 1. The lowest BCUT2D eigenvalue weighted by Gasteiger charge is -2.35. The molecule has 2 fully saturated rings. The number of aryl methyl sites for hydroxylation is 1. The van der Waals surface area contributed by atoms with Crippen molar-refractivity contribution in [1.29, 1.82) is 0 Å². The number of anilines is 1. The van der Waals surface area contributed by atoms with E-state index in [0.29, 0.717) is 13.1 Å². The summed E-state index contributed by atoms with van der Waals surface area (Å²) in [6, 6.07) is 4.86. The molecule has 0 aromatic heterocycles. The minimum Gasteiger partial charge on any atom is -0.379 e. The van der Waals surface area contributed by atoms with Gasteiger partial charge in [-0.1, -0.05) is 0 Å². The average Bonchev–Trinajstić information content (AvgIpc) is 2.78. The third kappa shape index (κ3) is 5.17. The zero-order valence-corrected chi connectivity index (χ0v) is 17.6. The van der Waals surface area contributed by atoms with Gasteiger partial charge in [0.2, 0.25) is 5.91 Å². The van der Waals surface area contributed by atoms with E-state index < -0.39 is 0 Å². The molecule has 1 aromatic rings. The van der Waals surface area contributed by atoms with Gasteiger partial charge in [-0.25, -0.2) is 0 Å². The largest absolute Gasteiger partial charge is 0.379 e. The van der Waals surface area contributed by atoms with Crippen molar-refractivity contribution in [3.63, 3.8) is 0 Å². The second-order valence-corrected chi connectivity index (χ2v) is 8.68. The molecule has 0 N–H and O–H groups in total. The van der Waals surface area contributed by atoms with Crippen molar-refractivity contribution in [3.05, 3.63) is 33.9 Å². The van der Waals surface area contributed by atoms with Gasteiger partial charge < -0.3 is 9.64 Å². The van der Waals surface area contributed by atoms with Crippen LogP contribution in [0.2, 0.25) is 0 Å². The molecule has 0 aliphatic carbocycles. The van der Waals surface area contributed by atoms with Crippen LogP contribution in [-0.4, -0.2) is 79.7 Å². The number of carbonyl (C=O) groups excluding carboxylic acids is 1. The number of rotatable bonds is 6. The van der Waals surface area contributed by atoms with Crippen molar-refractivity contribution >= 4 is 17.3 Å². The molecule has 8 nitrogen and oxygen atoms in total. The number of morpholine rings is 1. The van der Waals surface area contributed by atoms with Gasteiger partial charge in [0.05, 0.1) is 24.7 Å². The first-order valence-electron chi connectivity index (χ1n) is 11.2. The maximum absolute atomic E-state index is 13.0. The van der Waals surface area contributed by atoms with Gasteiger partial charge in [-0.3, -0.25) is 24.7 Å². The molecule has 0 radical (unpaired) electrons. The maximum atomic E-state index is 13.0. The molecule has 2 saturated heterocycles. The van der Waals surface area contributed by atoms with Crippen LogP contribution in [0.4, 0.5) is 11.4 Å². The summed E-state index contributed by atoms with van der Waals surface area (Å²) < 4.78 is 5.42. The van der Waals surface area contributed by atoms with Crippen LogP contribution in [0.5, 0.6) is 0 Å². The van der Waals surface area contributed by atoms with Gasteiger partial charge in [0.25, 0.3) is 5.69 Å². The molecule has 0 saturated carbocycles. The summed E-state index contributed by atoms with van der Waals surface area (Å²) in [4.78, 5) is 30.3. The second kappa shape index (κ2) is 9.85. The molecule has 1 amide bonds. The van der Waals surface area contributed by atoms with Crippen molar-refractivity contribution in [3.8, 4) is 0 Å². The third-order valence-electron chi connectivity index (χ3n) is 6.72. The first kappa shape index (κ1) is 21.2. The molecule has 3 heterocycles. The predicted molar refractivity (Wildman–Crippen MR) is 115 cm³/mol. The highest BCUT2D eigenvalue weighted by Crippen LogP contribution is 2.31. The number of nitrogens with zero attached hydrogens (tertiary/aromatic N) is 4. The summed E-state index contributed by atoms with van der Waals surface area (Å²) in [5.74, 6) is 0.854. The smallest absolute Gasteiger partial charge is 0.269 e. The number of fused-ring (bicyclic) bond motifs is 1. The van der Waals surface area contributed by atoms with Gasteiger partial charge in [-0.05, 0) is 69.3 Å². The lowest BCUT2D eigenvalue weighted by atomic mass is 9.93. The zero-order valence-electron chi connectivity index (χ0n) is 17.6. The fraction of sp³-hybridized carbons (Fsp3) is 0.682. The molecule has 30 heavy (non-hydrogen) atoms. The van der Waals surface area contributed by atoms with E-state index >= 15 is 0 Å². The molecule has 3 aliphatic heterocycles. The Balaban J connectivity index is 1.26. The molecule has 4 rings (SSSR count). The predicted octanol–water partition coefficient (Wildman–Crippen LogP) is 2.31. The van der Waals surface area contributed by atoms with Crippen LogP contribution in [0.15, 0.2) is 18.2 Å². The summed E-state index contributed by atoms with van der Waals surface area (Å²) in [6.07, 6.45) is 5.18. The highest BCUT2D eigenvalue weighted by atomic mass is 16.6. The van der Waals surface area contributed by atoms with E-state index in [4.69, 9.17) is 4.74 Å². The number of hydrogen-bond donors (Lipinski definition) is 0. The average molecular weight is 417 g/mol. The molecule has 3 aliphatic rings. The number of amides is 1. The first-order chi connectivity index (χ1) is 14.6. The van der Waals surface area contributed by atoms with Crippen LogP contribution in [0.3, 0.4) is 0 Å². The van der Waals surface area contributed by atoms with Crippen molar-refractivity contribution in [2.24, 2.45) is 5.92 Å². The normalized spacial score (nSPS) is 21.4. The number of nitro benzene ring substituents is 1. The molecule has 0 spiro atoms. The summed E-state index contributed by atoms with van der Waals surface area (Å²) in [6.45, 7) is 8.04. The van der Waals surface area contributed by atoms with Crippen LogP contribution in [0.1, 0.15) is 31.2 Å². The third-order valence-corrected chi connectivity index (χ3v) is 6.72. The van der Waals surface area contributed by atoms with Crippen LogP contribution in [0, 0.1) is 16.0 Å². The summed E-state index contributed by atoms with van der Waals surface area (Å²) in [5, 5.41) is 11.0. The quantitative estimate of drug-likeness (QED) is 0.523. The number of benzene rings is 1. The van der Waals surface area contributed by atoms with Crippen LogP contribution in [0.25, 0.3) is 0 Å². The van der Waals surface area contributed by atoms with Gasteiger partial charge in [0.15, 0.2) is 0 Å². The number of ether oxygens (including phenoxy) is 1. The Morgan fingerprint density at radius 2 is 1.87 bits per heavy atom. The van der Waals surface area contributed by atoms with E-state index in [1.807, 2.05) is 4.90 Å². The molecule has 1 aromatic carbocycles. The van der Waals surface area contributed by atoms with E-state index in [1.54, 1.807) is 12.1 Å². The highest BCUT2D eigenvalue weighted by Gasteiger charge is 2.27. The summed E-state index contributed by atoms with van der Waals surface area (Å²) >= 11 is 0. The fourth-order valence-electron chi connectivity index (χ4n) is 4.86. The topological polar surface area (TPSA) is 79.2 Å². The van der Waals surface area contributed by atoms with Crippen LogP contribution >= 0.6 is 0 Å². The molecule has 8 heteroatoms. The van der Waals surface area contributed by atoms with Crippen LogP contribution < -0.4 is 4.90 Å². The SMILES string of the molecule is O=C(CN1CCC(CCN2CCOCC2)CC1)N1CCCc2cc([N+](=O)[O-])ccc21. The van der Waals surface area contributed by atoms with E-state index in [9.17, 15) is 14.9 Å². The second-order valence-electron chi connectivity index (χ2n) is 8.68. The minimum absolute atomic E-state index is 0.0993. The lowest BCUT2D eigenvalue weighted by molar-refractivity contribution is -0.384. The van der Waals surface area contributed by atoms with E-state index in [-0.39, 0.29) is 16.5 Å². The number of likely N-dealkylation sites (tertiary alicyclic amines) is 1. The Bertz CT molecular complexity index is 758. The number of nitro groups is 1.